The van der Waals surface area contributed by atoms with Crippen molar-refractivity contribution in [3.05, 3.63) is 0 Å². The zero-order valence-corrected chi connectivity index (χ0v) is 15.3. The molecule has 0 aromatic heterocycles. The van der Waals surface area contributed by atoms with Gasteiger partial charge in [-0.2, -0.15) is 0 Å². The van der Waals surface area contributed by atoms with Gasteiger partial charge in [0.25, 0.3) is 5.91 Å². The molecule has 3 atom stereocenters. The molecule has 0 aromatic rings. The van der Waals surface area contributed by atoms with Crippen molar-refractivity contribution in [3.8, 4) is 0 Å². The third-order valence-corrected chi connectivity index (χ3v) is 7.01. The Kier molecular flexibility index (Phi) is 4.33. The molecule has 4 aliphatic carbocycles. The van der Waals surface area contributed by atoms with Crippen LogP contribution in [0.3, 0.4) is 0 Å². The van der Waals surface area contributed by atoms with Crippen molar-refractivity contribution in [2.45, 2.75) is 82.8 Å². The molecule has 0 radical (unpaired) electrons. The fourth-order valence-electron chi connectivity index (χ4n) is 6.34. The lowest BCUT2D eigenvalue weighted by atomic mass is 9.48. The molecule has 4 saturated carbocycles. The van der Waals surface area contributed by atoms with Gasteiger partial charge in [0.1, 0.15) is 0 Å². The lowest BCUT2D eigenvalue weighted by Gasteiger charge is -2.58. The monoisotopic (exact) mass is 349 g/mol. The molecule has 140 valence electrons. The number of aliphatic hydroxyl groups is 1. The van der Waals surface area contributed by atoms with Gasteiger partial charge < -0.3 is 14.7 Å². The summed E-state index contributed by atoms with van der Waals surface area (Å²) in [4.78, 5) is 27.5. The molecule has 5 aliphatic rings. The smallest absolute Gasteiger partial charge is 0.312 e. The second kappa shape index (κ2) is 6.26. The molecule has 5 heteroatoms. The maximum atomic E-state index is 13.0. The van der Waals surface area contributed by atoms with Crippen molar-refractivity contribution in [1.82, 2.24) is 4.90 Å². The van der Waals surface area contributed by atoms with Crippen molar-refractivity contribution in [2.75, 3.05) is 13.1 Å². The first kappa shape index (κ1) is 17.3. The average molecular weight is 349 g/mol. The van der Waals surface area contributed by atoms with E-state index in [2.05, 4.69) is 0 Å². The van der Waals surface area contributed by atoms with Gasteiger partial charge in [-0.3, -0.25) is 9.59 Å². The molecule has 0 unspecified atom stereocenters. The lowest BCUT2D eigenvalue weighted by Crippen LogP contribution is -2.59. The molecule has 4 bridgehead atoms. The SMILES string of the molecule is C[C@H](OC(=O)C12C[C@H]3C[C@@H](CC(O)(C3)C1)C2)C(=O)N1CCCCCC1. The van der Waals surface area contributed by atoms with E-state index in [9.17, 15) is 14.7 Å². The molecule has 1 saturated heterocycles. The number of esters is 1. The van der Waals surface area contributed by atoms with Crippen LogP contribution in [0.15, 0.2) is 0 Å². The van der Waals surface area contributed by atoms with Crippen molar-refractivity contribution in [2.24, 2.45) is 17.3 Å². The minimum atomic E-state index is -0.715. The Morgan fingerprint density at radius 2 is 1.64 bits per heavy atom. The number of amides is 1. The number of carbonyl (C=O) groups excluding carboxylic acids is 2. The highest BCUT2D eigenvalue weighted by molar-refractivity contribution is 5.85. The number of ether oxygens (including phenoxy) is 1. The third kappa shape index (κ3) is 3.20. The van der Waals surface area contributed by atoms with Gasteiger partial charge in [0.15, 0.2) is 6.10 Å². The van der Waals surface area contributed by atoms with E-state index in [0.29, 0.717) is 18.3 Å². The van der Waals surface area contributed by atoms with E-state index in [1.807, 2.05) is 4.90 Å². The second-order valence-electron chi connectivity index (χ2n) is 9.25. The maximum absolute atomic E-state index is 13.0. The predicted molar refractivity (Wildman–Crippen MR) is 92.7 cm³/mol. The van der Waals surface area contributed by atoms with Gasteiger partial charge in [0, 0.05) is 13.1 Å². The molecule has 5 nitrogen and oxygen atoms in total. The molecule has 5 fully saturated rings. The van der Waals surface area contributed by atoms with Gasteiger partial charge in [-0.05, 0) is 70.1 Å². The number of rotatable bonds is 3. The summed E-state index contributed by atoms with van der Waals surface area (Å²) in [5, 5.41) is 10.8. The Labute approximate surface area is 150 Å². The van der Waals surface area contributed by atoms with E-state index in [4.69, 9.17) is 4.74 Å². The molecule has 0 spiro atoms. The van der Waals surface area contributed by atoms with Gasteiger partial charge in [-0.15, -0.1) is 0 Å². The van der Waals surface area contributed by atoms with Crippen LogP contribution in [0, 0.1) is 17.3 Å². The summed E-state index contributed by atoms with van der Waals surface area (Å²) in [6.07, 6.45) is 8.68. The average Bonchev–Trinajstić information content (AvgIpc) is 2.80. The van der Waals surface area contributed by atoms with E-state index < -0.39 is 17.1 Å². The van der Waals surface area contributed by atoms with Crippen molar-refractivity contribution in [3.63, 3.8) is 0 Å². The van der Waals surface area contributed by atoms with Crippen LogP contribution < -0.4 is 0 Å². The number of nitrogens with zero attached hydrogens (tertiary/aromatic N) is 1. The maximum Gasteiger partial charge on any atom is 0.312 e. The van der Waals surface area contributed by atoms with Crippen LogP contribution >= 0.6 is 0 Å². The molecule has 1 heterocycles. The van der Waals surface area contributed by atoms with Gasteiger partial charge >= 0.3 is 5.97 Å². The molecule has 1 aliphatic heterocycles. The summed E-state index contributed by atoms with van der Waals surface area (Å²) in [7, 11) is 0. The van der Waals surface area contributed by atoms with Gasteiger partial charge in [0.05, 0.1) is 11.0 Å². The number of hydrogen-bond acceptors (Lipinski definition) is 4. The standard InChI is InChI=1S/C20H31NO4/c1-14(17(22)21-6-4-2-3-5-7-21)25-18(23)19-9-15-8-16(10-19)12-20(24,11-15)13-19/h14-16,24H,2-13H2,1H3/t14-,15+,16+,19?,20?/m0/s1. The lowest BCUT2D eigenvalue weighted by molar-refractivity contribution is -0.200. The minimum Gasteiger partial charge on any atom is -0.452 e. The van der Waals surface area contributed by atoms with E-state index in [-0.39, 0.29) is 11.9 Å². The highest BCUT2D eigenvalue weighted by atomic mass is 16.5. The minimum absolute atomic E-state index is 0.0568. The topological polar surface area (TPSA) is 66.8 Å². The summed E-state index contributed by atoms with van der Waals surface area (Å²) in [6.45, 7) is 3.26. The molecule has 5 rings (SSSR count). The quantitative estimate of drug-likeness (QED) is 0.796. The summed E-state index contributed by atoms with van der Waals surface area (Å²) < 4.78 is 5.69. The van der Waals surface area contributed by atoms with Crippen molar-refractivity contribution in [1.29, 1.82) is 0 Å². The Hall–Kier alpha value is -1.10. The largest absolute Gasteiger partial charge is 0.452 e. The van der Waals surface area contributed by atoms with Crippen LogP contribution in [0.2, 0.25) is 0 Å². The number of likely N-dealkylation sites (tertiary alicyclic amines) is 1. The first-order valence-corrected chi connectivity index (χ1v) is 10.1. The van der Waals surface area contributed by atoms with Crippen LogP contribution in [0.25, 0.3) is 0 Å². The Morgan fingerprint density at radius 1 is 1.04 bits per heavy atom. The highest BCUT2D eigenvalue weighted by Gasteiger charge is 2.61. The Balaban J connectivity index is 1.42. The first-order valence-electron chi connectivity index (χ1n) is 10.1. The Morgan fingerprint density at radius 3 is 2.20 bits per heavy atom. The van der Waals surface area contributed by atoms with Crippen LogP contribution in [0.5, 0.6) is 0 Å². The third-order valence-electron chi connectivity index (χ3n) is 7.01. The molecule has 0 aromatic carbocycles. The van der Waals surface area contributed by atoms with E-state index in [1.54, 1.807) is 6.92 Å². The van der Waals surface area contributed by atoms with Crippen molar-refractivity contribution >= 4 is 11.9 Å². The van der Waals surface area contributed by atoms with Crippen LogP contribution in [0.1, 0.15) is 71.1 Å². The van der Waals surface area contributed by atoms with Crippen LogP contribution in [-0.4, -0.2) is 46.7 Å². The number of carbonyl (C=O) groups is 2. The van der Waals surface area contributed by atoms with Gasteiger partial charge in [-0.25, -0.2) is 0 Å². The van der Waals surface area contributed by atoms with Crippen LogP contribution in [-0.2, 0) is 14.3 Å². The normalized spacial score (nSPS) is 41.3. The van der Waals surface area contributed by atoms with Crippen molar-refractivity contribution < 1.29 is 19.4 Å². The summed E-state index contributed by atoms with van der Waals surface area (Å²) in [6, 6.07) is 0. The van der Waals surface area contributed by atoms with Gasteiger partial charge in [0.2, 0.25) is 0 Å². The molecule has 1 amide bonds. The first-order chi connectivity index (χ1) is 11.9. The zero-order chi connectivity index (χ0) is 17.7. The molecule has 1 N–H and O–H groups in total. The predicted octanol–water partition coefficient (Wildman–Crippen LogP) is 2.65. The van der Waals surface area contributed by atoms with E-state index in [1.165, 1.54) is 12.8 Å². The fraction of sp³-hybridized carbons (Fsp3) is 0.900. The number of hydrogen-bond donors (Lipinski definition) is 1. The van der Waals surface area contributed by atoms with Gasteiger partial charge in [-0.1, -0.05) is 12.8 Å². The summed E-state index contributed by atoms with van der Waals surface area (Å²) >= 11 is 0. The van der Waals surface area contributed by atoms with E-state index >= 15 is 0 Å². The molecular formula is C20H31NO4. The molecular weight excluding hydrogens is 318 g/mol. The second-order valence-corrected chi connectivity index (χ2v) is 9.25. The zero-order valence-electron chi connectivity index (χ0n) is 15.3. The summed E-state index contributed by atoms with van der Waals surface area (Å²) in [5.41, 5.74) is -1.23. The van der Waals surface area contributed by atoms with E-state index in [0.717, 1.165) is 58.0 Å². The summed E-state index contributed by atoms with van der Waals surface area (Å²) in [5.74, 6) is 0.584. The highest BCUT2D eigenvalue weighted by Crippen LogP contribution is 2.62. The fourth-order valence-corrected chi connectivity index (χ4v) is 6.34. The Bertz CT molecular complexity index is 538. The van der Waals surface area contributed by atoms with Crippen LogP contribution in [0.4, 0.5) is 0 Å². The molecule has 25 heavy (non-hydrogen) atoms.